The average molecular weight is 364 g/mol. The summed E-state index contributed by atoms with van der Waals surface area (Å²) in [5.41, 5.74) is 0.716. The standard InChI is InChI=1S/C18H18ClNO5/c1-11(17(21)20-13-6-4-5-12(19)9-13)25-18(22)15-8-7-14(23-2)10-16(15)24-3/h4-11H,1-3H3,(H,20,21)/t11-/m0/s1. The highest BCUT2D eigenvalue weighted by molar-refractivity contribution is 6.30. The topological polar surface area (TPSA) is 73.9 Å². The quantitative estimate of drug-likeness (QED) is 0.794. The summed E-state index contributed by atoms with van der Waals surface area (Å²) in [6.07, 6.45) is -1.00. The van der Waals surface area contributed by atoms with Crippen LogP contribution in [0.15, 0.2) is 42.5 Å². The highest BCUT2D eigenvalue weighted by Crippen LogP contribution is 2.25. The Morgan fingerprint density at radius 3 is 2.48 bits per heavy atom. The Morgan fingerprint density at radius 2 is 1.84 bits per heavy atom. The summed E-state index contributed by atoms with van der Waals surface area (Å²) in [5, 5.41) is 3.13. The monoisotopic (exact) mass is 363 g/mol. The van der Waals surface area contributed by atoms with Crippen molar-refractivity contribution < 1.29 is 23.8 Å². The van der Waals surface area contributed by atoms with Crippen LogP contribution in [-0.2, 0) is 9.53 Å². The van der Waals surface area contributed by atoms with E-state index in [2.05, 4.69) is 5.32 Å². The molecule has 0 unspecified atom stereocenters. The lowest BCUT2D eigenvalue weighted by Crippen LogP contribution is -2.30. The third kappa shape index (κ3) is 4.87. The Morgan fingerprint density at radius 1 is 1.08 bits per heavy atom. The fraction of sp³-hybridized carbons (Fsp3) is 0.222. The lowest BCUT2D eigenvalue weighted by Gasteiger charge is -2.15. The molecule has 0 fully saturated rings. The summed E-state index contributed by atoms with van der Waals surface area (Å²) in [6.45, 7) is 1.48. The maximum absolute atomic E-state index is 12.3. The summed E-state index contributed by atoms with van der Waals surface area (Å²) in [4.78, 5) is 24.5. The van der Waals surface area contributed by atoms with Gasteiger partial charge in [-0.05, 0) is 37.3 Å². The van der Waals surface area contributed by atoms with Gasteiger partial charge < -0.3 is 19.5 Å². The zero-order valence-electron chi connectivity index (χ0n) is 14.0. The molecule has 7 heteroatoms. The van der Waals surface area contributed by atoms with Crippen molar-refractivity contribution in [2.24, 2.45) is 0 Å². The molecule has 2 rings (SSSR count). The van der Waals surface area contributed by atoms with Crippen LogP contribution in [-0.4, -0.2) is 32.2 Å². The van der Waals surface area contributed by atoms with E-state index in [0.717, 1.165) is 0 Å². The fourth-order valence-electron chi connectivity index (χ4n) is 2.05. The maximum atomic E-state index is 12.3. The lowest BCUT2D eigenvalue weighted by molar-refractivity contribution is -0.123. The van der Waals surface area contributed by atoms with Gasteiger partial charge in [0.1, 0.15) is 17.1 Å². The molecule has 1 atom stereocenters. The molecule has 1 amide bonds. The van der Waals surface area contributed by atoms with E-state index in [-0.39, 0.29) is 5.56 Å². The van der Waals surface area contributed by atoms with Crippen LogP contribution >= 0.6 is 11.6 Å². The van der Waals surface area contributed by atoms with Crippen molar-refractivity contribution in [3.63, 3.8) is 0 Å². The van der Waals surface area contributed by atoms with E-state index in [1.807, 2.05) is 0 Å². The molecular weight excluding hydrogens is 346 g/mol. The third-order valence-corrected chi connectivity index (χ3v) is 3.61. The maximum Gasteiger partial charge on any atom is 0.342 e. The summed E-state index contributed by atoms with van der Waals surface area (Å²) >= 11 is 5.87. The second kappa shape index (κ2) is 8.39. The minimum absolute atomic E-state index is 0.200. The van der Waals surface area contributed by atoms with Crippen LogP contribution in [0.4, 0.5) is 5.69 Å². The molecule has 132 valence electrons. The number of methoxy groups -OCH3 is 2. The highest BCUT2D eigenvalue weighted by Gasteiger charge is 2.22. The van der Waals surface area contributed by atoms with Crippen molar-refractivity contribution in [1.29, 1.82) is 0 Å². The van der Waals surface area contributed by atoms with E-state index < -0.39 is 18.0 Å². The first-order chi connectivity index (χ1) is 11.9. The van der Waals surface area contributed by atoms with E-state index in [1.54, 1.807) is 36.4 Å². The minimum Gasteiger partial charge on any atom is -0.497 e. The van der Waals surface area contributed by atoms with E-state index in [4.69, 9.17) is 25.8 Å². The van der Waals surface area contributed by atoms with Crippen molar-refractivity contribution >= 4 is 29.2 Å². The van der Waals surface area contributed by atoms with Crippen molar-refractivity contribution in [1.82, 2.24) is 0 Å². The van der Waals surface area contributed by atoms with Crippen LogP contribution in [0.2, 0.25) is 5.02 Å². The van der Waals surface area contributed by atoms with E-state index in [9.17, 15) is 9.59 Å². The van der Waals surface area contributed by atoms with E-state index >= 15 is 0 Å². The number of carbonyl (C=O) groups is 2. The largest absolute Gasteiger partial charge is 0.497 e. The number of benzene rings is 2. The Hall–Kier alpha value is -2.73. The van der Waals surface area contributed by atoms with Gasteiger partial charge in [0.15, 0.2) is 6.10 Å². The summed E-state index contributed by atoms with van der Waals surface area (Å²) in [7, 11) is 2.94. The number of anilines is 1. The van der Waals surface area contributed by atoms with Crippen molar-refractivity contribution in [2.45, 2.75) is 13.0 Å². The van der Waals surface area contributed by atoms with Gasteiger partial charge in [0, 0.05) is 16.8 Å². The average Bonchev–Trinajstić information content (AvgIpc) is 2.60. The molecule has 0 saturated heterocycles. The van der Waals surface area contributed by atoms with Crippen LogP contribution < -0.4 is 14.8 Å². The van der Waals surface area contributed by atoms with Crippen LogP contribution in [0.25, 0.3) is 0 Å². The molecule has 25 heavy (non-hydrogen) atoms. The van der Waals surface area contributed by atoms with Gasteiger partial charge >= 0.3 is 5.97 Å². The zero-order valence-corrected chi connectivity index (χ0v) is 14.8. The third-order valence-electron chi connectivity index (χ3n) is 3.37. The number of nitrogens with one attached hydrogen (secondary N) is 1. The van der Waals surface area contributed by atoms with Gasteiger partial charge in [-0.2, -0.15) is 0 Å². The molecule has 0 saturated carbocycles. The van der Waals surface area contributed by atoms with Crippen LogP contribution in [0, 0.1) is 0 Å². The molecule has 1 N–H and O–H groups in total. The van der Waals surface area contributed by atoms with Gasteiger partial charge in [-0.3, -0.25) is 4.79 Å². The molecule has 0 radical (unpaired) electrons. The van der Waals surface area contributed by atoms with Crippen molar-refractivity contribution in [3.8, 4) is 11.5 Å². The second-order valence-corrected chi connectivity index (χ2v) is 5.55. The Balaban J connectivity index is 2.05. The first kappa shape index (κ1) is 18.6. The highest BCUT2D eigenvalue weighted by atomic mass is 35.5. The number of rotatable bonds is 6. The predicted molar refractivity (Wildman–Crippen MR) is 94.5 cm³/mol. The normalized spacial score (nSPS) is 11.4. The Labute approximate surface area is 150 Å². The van der Waals surface area contributed by atoms with Gasteiger partial charge in [0.05, 0.1) is 14.2 Å². The SMILES string of the molecule is COc1ccc(C(=O)O[C@@H](C)C(=O)Nc2cccc(Cl)c2)c(OC)c1. The predicted octanol–water partition coefficient (Wildman–Crippen LogP) is 3.54. The number of amides is 1. The van der Waals surface area contributed by atoms with Crippen molar-refractivity contribution in [3.05, 3.63) is 53.1 Å². The van der Waals surface area contributed by atoms with Gasteiger partial charge in [-0.25, -0.2) is 4.79 Å². The molecule has 0 aromatic heterocycles. The van der Waals surface area contributed by atoms with Crippen LogP contribution in [0.3, 0.4) is 0 Å². The number of ether oxygens (including phenoxy) is 3. The first-order valence-electron chi connectivity index (χ1n) is 7.44. The minimum atomic E-state index is -1.00. The van der Waals surface area contributed by atoms with Crippen LogP contribution in [0.5, 0.6) is 11.5 Å². The number of hydrogen-bond donors (Lipinski definition) is 1. The summed E-state index contributed by atoms with van der Waals surface area (Å²) < 4.78 is 15.5. The molecule has 6 nitrogen and oxygen atoms in total. The Bertz CT molecular complexity index is 778. The molecule has 2 aromatic rings. The first-order valence-corrected chi connectivity index (χ1v) is 7.82. The second-order valence-electron chi connectivity index (χ2n) is 5.11. The molecule has 0 aliphatic rings. The van der Waals surface area contributed by atoms with E-state index in [1.165, 1.54) is 27.2 Å². The molecule has 0 heterocycles. The van der Waals surface area contributed by atoms with Gasteiger partial charge in [0.2, 0.25) is 0 Å². The molecule has 0 aliphatic carbocycles. The zero-order chi connectivity index (χ0) is 18.4. The van der Waals surface area contributed by atoms with Gasteiger partial charge in [-0.15, -0.1) is 0 Å². The number of esters is 1. The molecule has 0 bridgehead atoms. The van der Waals surface area contributed by atoms with Crippen LogP contribution in [0.1, 0.15) is 17.3 Å². The van der Waals surface area contributed by atoms with Crippen molar-refractivity contribution in [2.75, 3.05) is 19.5 Å². The molecule has 0 spiro atoms. The van der Waals surface area contributed by atoms with Gasteiger partial charge in [0.25, 0.3) is 5.91 Å². The summed E-state index contributed by atoms with van der Waals surface area (Å²) in [5.74, 6) is -0.303. The Kier molecular flexibility index (Phi) is 6.25. The molecular formula is C18H18ClNO5. The molecule has 0 aliphatic heterocycles. The smallest absolute Gasteiger partial charge is 0.342 e. The lowest BCUT2D eigenvalue weighted by atomic mass is 10.2. The van der Waals surface area contributed by atoms with Gasteiger partial charge in [-0.1, -0.05) is 17.7 Å². The fourth-order valence-corrected chi connectivity index (χ4v) is 2.25. The molecule has 2 aromatic carbocycles. The number of hydrogen-bond acceptors (Lipinski definition) is 5. The van der Waals surface area contributed by atoms with E-state index in [0.29, 0.717) is 22.2 Å². The number of halogens is 1. The summed E-state index contributed by atoms with van der Waals surface area (Å²) in [6, 6.07) is 11.4. The number of carbonyl (C=O) groups excluding carboxylic acids is 2.